The van der Waals surface area contributed by atoms with Crippen molar-refractivity contribution in [2.75, 3.05) is 31.1 Å². The molecule has 1 aliphatic heterocycles. The number of piperazine rings is 1. The molecule has 0 radical (unpaired) electrons. The van der Waals surface area contributed by atoms with Crippen LogP contribution in [0, 0.1) is 6.92 Å². The Morgan fingerprint density at radius 3 is 2.30 bits per heavy atom. The highest BCUT2D eigenvalue weighted by Gasteiger charge is 2.33. The second-order valence-electron chi connectivity index (χ2n) is 8.15. The summed E-state index contributed by atoms with van der Waals surface area (Å²) in [6.45, 7) is 4.60. The van der Waals surface area contributed by atoms with E-state index in [1.807, 2.05) is 11.8 Å². The number of sulfonamides is 1. The zero-order valence-corrected chi connectivity index (χ0v) is 19.3. The number of carboxylic acids is 1. The molecule has 0 aliphatic carbocycles. The van der Waals surface area contributed by atoms with Gasteiger partial charge in [-0.15, -0.1) is 0 Å². The third-order valence-electron chi connectivity index (χ3n) is 5.73. The lowest BCUT2D eigenvalue weighted by Crippen LogP contribution is -2.49. The third-order valence-corrected chi connectivity index (χ3v) is 7.77. The molecule has 1 saturated heterocycles. The van der Waals surface area contributed by atoms with Gasteiger partial charge >= 0.3 is 12.1 Å². The second-order valence-corrected chi connectivity index (χ2v) is 10.1. The molecular weight excluding hydrogens is 457 g/mol. The van der Waals surface area contributed by atoms with Crippen molar-refractivity contribution in [3.8, 4) is 0 Å². The molecule has 6 nitrogen and oxygen atoms in total. The summed E-state index contributed by atoms with van der Waals surface area (Å²) >= 11 is 0. The van der Waals surface area contributed by atoms with Gasteiger partial charge in [0.1, 0.15) is 0 Å². The van der Waals surface area contributed by atoms with Gasteiger partial charge in [-0.1, -0.05) is 25.5 Å². The highest BCUT2D eigenvalue weighted by molar-refractivity contribution is 7.89. The third kappa shape index (κ3) is 5.67. The van der Waals surface area contributed by atoms with Crippen molar-refractivity contribution in [3.63, 3.8) is 0 Å². The minimum absolute atomic E-state index is 0.0795. The Morgan fingerprint density at radius 2 is 1.73 bits per heavy atom. The second kappa shape index (κ2) is 9.72. The van der Waals surface area contributed by atoms with E-state index in [0.29, 0.717) is 48.3 Å². The predicted molar refractivity (Wildman–Crippen MR) is 119 cm³/mol. The van der Waals surface area contributed by atoms with Crippen molar-refractivity contribution in [2.45, 2.75) is 44.2 Å². The highest BCUT2D eigenvalue weighted by atomic mass is 32.2. The van der Waals surface area contributed by atoms with Gasteiger partial charge in [-0.25, -0.2) is 8.42 Å². The molecule has 1 heterocycles. The van der Waals surface area contributed by atoms with E-state index >= 15 is 0 Å². The van der Waals surface area contributed by atoms with Gasteiger partial charge in [-0.2, -0.15) is 17.5 Å². The molecule has 0 bridgehead atoms. The average Bonchev–Trinajstić information content (AvgIpc) is 2.74. The summed E-state index contributed by atoms with van der Waals surface area (Å²) < 4.78 is 67.3. The number of anilines is 1. The van der Waals surface area contributed by atoms with E-state index in [9.17, 15) is 26.4 Å². The van der Waals surface area contributed by atoms with Crippen molar-refractivity contribution in [1.29, 1.82) is 0 Å². The van der Waals surface area contributed by atoms with Crippen LogP contribution in [0.2, 0.25) is 0 Å². The fourth-order valence-electron chi connectivity index (χ4n) is 4.06. The first-order valence-corrected chi connectivity index (χ1v) is 12.1. The van der Waals surface area contributed by atoms with E-state index in [-0.39, 0.29) is 24.4 Å². The van der Waals surface area contributed by atoms with Crippen LogP contribution in [0.4, 0.5) is 18.9 Å². The largest absolute Gasteiger partial charge is 0.481 e. The normalized spacial score (nSPS) is 15.6. The van der Waals surface area contributed by atoms with Crippen LogP contribution < -0.4 is 4.90 Å². The van der Waals surface area contributed by atoms with Crippen molar-refractivity contribution < 1.29 is 31.5 Å². The number of rotatable bonds is 7. The summed E-state index contributed by atoms with van der Waals surface area (Å²) in [5.74, 6) is -1.05. The molecule has 1 aliphatic rings. The monoisotopic (exact) mass is 484 g/mol. The minimum atomic E-state index is -4.42. The van der Waals surface area contributed by atoms with Gasteiger partial charge in [0.15, 0.2) is 0 Å². The Morgan fingerprint density at radius 1 is 1.06 bits per heavy atom. The average molecular weight is 485 g/mol. The number of aryl methyl sites for hydroxylation is 2. The van der Waals surface area contributed by atoms with Gasteiger partial charge in [0, 0.05) is 31.9 Å². The number of nitrogens with zero attached hydrogens (tertiary/aromatic N) is 2. The predicted octanol–water partition coefficient (Wildman–Crippen LogP) is 4.10. The number of alkyl halides is 3. The highest BCUT2D eigenvalue weighted by Crippen LogP contribution is 2.34. The van der Waals surface area contributed by atoms with Crippen LogP contribution >= 0.6 is 0 Å². The molecule has 2 aromatic rings. The van der Waals surface area contributed by atoms with Crippen LogP contribution in [0.15, 0.2) is 41.3 Å². The van der Waals surface area contributed by atoms with Crippen molar-refractivity contribution in [2.24, 2.45) is 0 Å². The molecule has 180 valence electrons. The van der Waals surface area contributed by atoms with E-state index in [1.54, 1.807) is 19.1 Å². The van der Waals surface area contributed by atoms with Crippen LogP contribution in [0.3, 0.4) is 0 Å². The van der Waals surface area contributed by atoms with Crippen LogP contribution in [0.1, 0.15) is 35.6 Å². The first-order valence-electron chi connectivity index (χ1n) is 10.7. The van der Waals surface area contributed by atoms with Gasteiger partial charge < -0.3 is 10.0 Å². The maximum Gasteiger partial charge on any atom is 0.416 e. The van der Waals surface area contributed by atoms with E-state index in [1.165, 1.54) is 22.5 Å². The van der Waals surface area contributed by atoms with E-state index in [2.05, 4.69) is 0 Å². The summed E-state index contributed by atoms with van der Waals surface area (Å²) in [7, 11) is -3.84. The fourth-order valence-corrected chi connectivity index (χ4v) is 5.75. The molecule has 1 N–H and O–H groups in total. The van der Waals surface area contributed by atoms with E-state index in [4.69, 9.17) is 5.11 Å². The number of carbonyl (C=O) groups is 1. The molecule has 0 spiro atoms. The van der Waals surface area contributed by atoms with Gasteiger partial charge in [-0.05, 0) is 54.3 Å². The summed E-state index contributed by atoms with van der Waals surface area (Å²) in [5, 5.41) is 9.01. The molecule has 33 heavy (non-hydrogen) atoms. The Bertz CT molecular complexity index is 1130. The Balaban J connectivity index is 1.80. The Labute approximate surface area is 191 Å². The molecule has 1 fully saturated rings. The van der Waals surface area contributed by atoms with Crippen molar-refractivity contribution in [3.05, 3.63) is 58.7 Å². The van der Waals surface area contributed by atoms with Crippen LogP contribution in [0.5, 0.6) is 0 Å². The van der Waals surface area contributed by atoms with E-state index < -0.39 is 27.7 Å². The smallest absolute Gasteiger partial charge is 0.416 e. The van der Waals surface area contributed by atoms with Crippen molar-refractivity contribution in [1.82, 2.24) is 4.31 Å². The van der Waals surface area contributed by atoms with Gasteiger partial charge in [0.25, 0.3) is 0 Å². The SMILES string of the molecule is CCCc1cc(C(F)(F)F)ccc1N1CCN(S(=O)(=O)c2cc(CC(=O)O)ccc2C)CC1. The molecule has 0 atom stereocenters. The molecule has 0 amide bonds. The molecule has 0 saturated carbocycles. The summed E-state index contributed by atoms with van der Waals surface area (Å²) in [5.41, 5.74) is 1.54. The van der Waals surface area contributed by atoms with E-state index in [0.717, 1.165) is 6.07 Å². The molecule has 0 unspecified atom stereocenters. The summed E-state index contributed by atoms with van der Waals surface area (Å²) in [4.78, 5) is 13.0. The number of hydrogen-bond acceptors (Lipinski definition) is 4. The first-order chi connectivity index (χ1) is 15.4. The lowest BCUT2D eigenvalue weighted by atomic mass is 10.0. The maximum atomic E-state index is 13.2. The maximum absolute atomic E-state index is 13.2. The molecule has 3 rings (SSSR count). The standard InChI is InChI=1S/C23H27F3N2O4S/c1-3-4-18-15-19(23(24,25)26)7-8-20(18)27-9-11-28(12-10-27)33(31,32)21-13-17(14-22(29)30)6-5-16(21)2/h5-8,13,15H,3-4,9-12,14H2,1-2H3,(H,29,30). The van der Waals surface area contributed by atoms with Crippen LogP contribution in [0.25, 0.3) is 0 Å². The Hall–Kier alpha value is -2.59. The van der Waals surface area contributed by atoms with Gasteiger partial charge in [-0.3, -0.25) is 4.79 Å². The van der Waals surface area contributed by atoms with Gasteiger partial charge in [0.05, 0.1) is 16.9 Å². The lowest BCUT2D eigenvalue weighted by Gasteiger charge is -2.36. The fraction of sp³-hybridized carbons (Fsp3) is 0.435. The molecule has 0 aromatic heterocycles. The van der Waals surface area contributed by atoms with Crippen LogP contribution in [-0.2, 0) is 33.8 Å². The zero-order chi connectivity index (χ0) is 24.4. The quantitative estimate of drug-likeness (QED) is 0.640. The number of aliphatic carboxylic acids is 1. The first kappa shape index (κ1) is 25.0. The van der Waals surface area contributed by atoms with Gasteiger partial charge in [0.2, 0.25) is 10.0 Å². The number of carboxylic acid groups (broad SMARTS) is 1. The zero-order valence-electron chi connectivity index (χ0n) is 18.5. The number of halogens is 3. The number of hydrogen-bond donors (Lipinski definition) is 1. The molecule has 2 aromatic carbocycles. The Kier molecular flexibility index (Phi) is 7.38. The van der Waals surface area contributed by atoms with Crippen molar-refractivity contribution >= 4 is 21.7 Å². The summed E-state index contributed by atoms with van der Waals surface area (Å²) in [6.07, 6.45) is -3.51. The topological polar surface area (TPSA) is 77.9 Å². The minimum Gasteiger partial charge on any atom is -0.481 e. The molecule has 10 heteroatoms. The van der Waals surface area contributed by atoms with Crippen LogP contribution in [-0.4, -0.2) is 50.0 Å². The molecular formula is C23H27F3N2O4S. The lowest BCUT2D eigenvalue weighted by molar-refractivity contribution is -0.138. The summed E-state index contributed by atoms with van der Waals surface area (Å²) in [6, 6.07) is 8.31. The number of benzene rings is 2.